The van der Waals surface area contributed by atoms with Crippen molar-refractivity contribution in [2.24, 2.45) is 0 Å². The van der Waals surface area contributed by atoms with Crippen LogP contribution in [0.1, 0.15) is 35.3 Å². The van der Waals surface area contributed by atoms with Gasteiger partial charge < -0.3 is 19.9 Å². The zero-order valence-electron chi connectivity index (χ0n) is 18.1. The standard InChI is InChI=1S/C25H29FN4O2/c26-21-10-8-19(9-11-21)23-7-2-1-5-20(23)16-30-18-27-15-24(30)25(32)29-13-4-3-6-22(17-29)28-12-14-31/h1-2,5,7-11,15,18,22,28,31H,3-4,6,12-14,16-17H2. The van der Waals surface area contributed by atoms with E-state index in [2.05, 4.69) is 10.3 Å². The lowest BCUT2D eigenvalue weighted by Crippen LogP contribution is -2.43. The van der Waals surface area contributed by atoms with E-state index in [4.69, 9.17) is 5.11 Å². The predicted octanol–water partition coefficient (Wildman–Crippen LogP) is 3.31. The Bertz CT molecular complexity index is 1030. The highest BCUT2D eigenvalue weighted by Crippen LogP contribution is 2.25. The van der Waals surface area contributed by atoms with Gasteiger partial charge in [0.1, 0.15) is 11.5 Å². The van der Waals surface area contributed by atoms with Crippen LogP contribution in [0.25, 0.3) is 11.1 Å². The van der Waals surface area contributed by atoms with E-state index < -0.39 is 0 Å². The van der Waals surface area contributed by atoms with Gasteiger partial charge in [0, 0.05) is 32.2 Å². The Kier molecular flexibility index (Phi) is 7.29. The molecule has 1 aliphatic heterocycles. The molecule has 6 nitrogen and oxygen atoms in total. The number of hydrogen-bond donors (Lipinski definition) is 2. The van der Waals surface area contributed by atoms with Crippen molar-refractivity contribution in [2.45, 2.75) is 31.8 Å². The number of aromatic nitrogens is 2. The lowest BCUT2D eigenvalue weighted by atomic mass is 9.99. The Morgan fingerprint density at radius 3 is 2.78 bits per heavy atom. The molecule has 7 heteroatoms. The van der Waals surface area contributed by atoms with Crippen molar-refractivity contribution in [1.82, 2.24) is 19.8 Å². The number of aliphatic hydroxyl groups excluding tert-OH is 1. The fraction of sp³-hybridized carbons (Fsp3) is 0.360. The third kappa shape index (κ3) is 5.23. The van der Waals surface area contributed by atoms with Gasteiger partial charge in [-0.15, -0.1) is 0 Å². The molecule has 1 amide bonds. The molecule has 4 rings (SSSR count). The minimum Gasteiger partial charge on any atom is -0.395 e. The van der Waals surface area contributed by atoms with Crippen LogP contribution in [0.15, 0.2) is 61.1 Å². The number of aliphatic hydroxyl groups is 1. The number of imidazole rings is 1. The van der Waals surface area contributed by atoms with Crippen LogP contribution in [0.2, 0.25) is 0 Å². The van der Waals surface area contributed by atoms with E-state index in [9.17, 15) is 9.18 Å². The van der Waals surface area contributed by atoms with E-state index in [-0.39, 0.29) is 24.4 Å². The minimum absolute atomic E-state index is 0.0283. The van der Waals surface area contributed by atoms with Crippen molar-refractivity contribution in [1.29, 1.82) is 0 Å². The fourth-order valence-corrected chi connectivity index (χ4v) is 4.30. The number of benzene rings is 2. The third-order valence-electron chi connectivity index (χ3n) is 5.95. The summed E-state index contributed by atoms with van der Waals surface area (Å²) in [4.78, 5) is 19.5. The first-order chi connectivity index (χ1) is 15.7. The van der Waals surface area contributed by atoms with Crippen LogP contribution in [0, 0.1) is 5.82 Å². The van der Waals surface area contributed by atoms with Gasteiger partial charge in [0.25, 0.3) is 5.91 Å². The van der Waals surface area contributed by atoms with Gasteiger partial charge >= 0.3 is 0 Å². The molecule has 0 bridgehead atoms. The summed E-state index contributed by atoms with van der Waals surface area (Å²) in [6, 6.07) is 14.6. The van der Waals surface area contributed by atoms with Crippen LogP contribution in [0.4, 0.5) is 4.39 Å². The summed E-state index contributed by atoms with van der Waals surface area (Å²) in [6.45, 7) is 2.45. The number of carbonyl (C=O) groups is 1. The lowest BCUT2D eigenvalue weighted by molar-refractivity contribution is 0.0738. The monoisotopic (exact) mass is 436 g/mol. The van der Waals surface area contributed by atoms with Crippen molar-refractivity contribution in [2.75, 3.05) is 26.2 Å². The smallest absolute Gasteiger partial charge is 0.272 e. The highest BCUT2D eigenvalue weighted by molar-refractivity contribution is 5.92. The van der Waals surface area contributed by atoms with Crippen LogP contribution >= 0.6 is 0 Å². The molecular formula is C25H29FN4O2. The number of rotatable bonds is 7. The second-order valence-electron chi connectivity index (χ2n) is 8.19. The van der Waals surface area contributed by atoms with Gasteiger partial charge in [-0.1, -0.05) is 42.8 Å². The molecule has 1 fully saturated rings. The average molecular weight is 437 g/mol. The van der Waals surface area contributed by atoms with E-state index in [1.54, 1.807) is 24.7 Å². The fourth-order valence-electron chi connectivity index (χ4n) is 4.30. The number of carbonyl (C=O) groups excluding carboxylic acids is 1. The van der Waals surface area contributed by atoms with Gasteiger partial charge in [-0.25, -0.2) is 9.37 Å². The Hall–Kier alpha value is -3.03. The molecule has 0 aliphatic carbocycles. The molecular weight excluding hydrogens is 407 g/mol. The first-order valence-electron chi connectivity index (χ1n) is 11.1. The van der Waals surface area contributed by atoms with Crippen molar-refractivity contribution in [3.8, 4) is 11.1 Å². The number of nitrogens with zero attached hydrogens (tertiary/aromatic N) is 3. The number of nitrogens with one attached hydrogen (secondary N) is 1. The summed E-state index contributed by atoms with van der Waals surface area (Å²) < 4.78 is 15.3. The molecule has 1 unspecified atom stereocenters. The quantitative estimate of drug-likeness (QED) is 0.596. The molecule has 1 aliphatic rings. The van der Waals surface area contributed by atoms with Gasteiger partial charge in [0.05, 0.1) is 19.1 Å². The molecule has 1 saturated heterocycles. The van der Waals surface area contributed by atoms with Crippen LogP contribution in [0.3, 0.4) is 0 Å². The molecule has 3 aromatic rings. The van der Waals surface area contributed by atoms with E-state index in [0.29, 0.717) is 31.9 Å². The largest absolute Gasteiger partial charge is 0.395 e. The molecule has 2 heterocycles. The van der Waals surface area contributed by atoms with Crippen LogP contribution in [0.5, 0.6) is 0 Å². The Morgan fingerprint density at radius 1 is 1.16 bits per heavy atom. The topological polar surface area (TPSA) is 70.4 Å². The summed E-state index contributed by atoms with van der Waals surface area (Å²) in [6.07, 6.45) is 6.33. The molecule has 0 spiro atoms. The predicted molar refractivity (Wildman–Crippen MR) is 122 cm³/mol. The van der Waals surface area contributed by atoms with Crippen molar-refractivity contribution < 1.29 is 14.3 Å². The average Bonchev–Trinajstić information content (AvgIpc) is 3.14. The Balaban J connectivity index is 1.54. The number of halogens is 1. The van der Waals surface area contributed by atoms with Crippen LogP contribution < -0.4 is 5.32 Å². The maximum atomic E-state index is 13.4. The van der Waals surface area contributed by atoms with E-state index >= 15 is 0 Å². The number of hydrogen-bond acceptors (Lipinski definition) is 4. The Labute approximate surface area is 187 Å². The van der Waals surface area contributed by atoms with Crippen molar-refractivity contribution in [3.63, 3.8) is 0 Å². The summed E-state index contributed by atoms with van der Waals surface area (Å²) in [5, 5.41) is 12.4. The SMILES string of the molecule is O=C(c1cncn1Cc1ccccc1-c1ccc(F)cc1)N1CCCCC(NCCO)C1. The molecule has 168 valence electrons. The van der Waals surface area contributed by atoms with Gasteiger partial charge in [-0.3, -0.25) is 4.79 Å². The van der Waals surface area contributed by atoms with Crippen LogP contribution in [-0.4, -0.2) is 57.7 Å². The number of likely N-dealkylation sites (tertiary alicyclic amines) is 1. The maximum absolute atomic E-state index is 13.4. The molecule has 0 saturated carbocycles. The number of amides is 1. The summed E-state index contributed by atoms with van der Waals surface area (Å²) >= 11 is 0. The van der Waals surface area contributed by atoms with E-state index in [1.165, 1.54) is 12.1 Å². The van der Waals surface area contributed by atoms with Gasteiger partial charge in [0.2, 0.25) is 0 Å². The molecule has 1 atom stereocenters. The lowest BCUT2D eigenvalue weighted by Gasteiger charge is -2.25. The molecule has 32 heavy (non-hydrogen) atoms. The zero-order valence-corrected chi connectivity index (χ0v) is 18.1. The second-order valence-corrected chi connectivity index (χ2v) is 8.19. The molecule has 1 aromatic heterocycles. The summed E-state index contributed by atoms with van der Waals surface area (Å²) in [5.41, 5.74) is 3.52. The van der Waals surface area contributed by atoms with Crippen molar-refractivity contribution in [3.05, 3.63) is 78.1 Å². The zero-order chi connectivity index (χ0) is 22.3. The molecule has 2 aromatic carbocycles. The maximum Gasteiger partial charge on any atom is 0.272 e. The molecule has 2 N–H and O–H groups in total. The van der Waals surface area contributed by atoms with E-state index in [1.807, 2.05) is 33.7 Å². The van der Waals surface area contributed by atoms with E-state index in [0.717, 1.165) is 36.0 Å². The van der Waals surface area contributed by atoms with Gasteiger partial charge in [-0.2, -0.15) is 0 Å². The van der Waals surface area contributed by atoms with Gasteiger partial charge in [-0.05, 0) is 41.7 Å². The van der Waals surface area contributed by atoms with Crippen molar-refractivity contribution >= 4 is 5.91 Å². The summed E-state index contributed by atoms with van der Waals surface area (Å²) in [7, 11) is 0. The third-order valence-corrected chi connectivity index (χ3v) is 5.95. The normalized spacial score (nSPS) is 16.7. The summed E-state index contributed by atoms with van der Waals surface area (Å²) in [5.74, 6) is -0.294. The van der Waals surface area contributed by atoms with Gasteiger partial charge in [0.15, 0.2) is 0 Å². The second kappa shape index (κ2) is 10.5. The Morgan fingerprint density at radius 2 is 1.97 bits per heavy atom. The highest BCUT2D eigenvalue weighted by atomic mass is 19.1. The highest BCUT2D eigenvalue weighted by Gasteiger charge is 2.25. The first-order valence-corrected chi connectivity index (χ1v) is 11.1. The van der Waals surface area contributed by atoms with Crippen LogP contribution in [-0.2, 0) is 6.54 Å². The molecule has 0 radical (unpaired) electrons. The minimum atomic E-state index is -0.266. The first kappa shape index (κ1) is 22.2.